The first-order valence-electron chi connectivity index (χ1n) is 7.57. The average molecular weight is 408 g/mol. The Kier molecular flexibility index (Phi) is 6.19. The van der Waals surface area contributed by atoms with E-state index in [1.54, 1.807) is 24.3 Å². The molecule has 2 nitrogen and oxygen atoms in total. The molecule has 0 atom stereocenters. The summed E-state index contributed by atoms with van der Waals surface area (Å²) >= 11 is 24.4. The molecule has 0 amide bonds. The zero-order valence-electron chi connectivity index (χ0n) is 13.3. The van der Waals surface area contributed by atoms with Crippen molar-refractivity contribution in [3.8, 4) is 11.5 Å². The van der Waals surface area contributed by atoms with Gasteiger partial charge in [0.2, 0.25) is 0 Å². The Morgan fingerprint density at radius 2 is 1.12 bits per heavy atom. The van der Waals surface area contributed by atoms with Crippen molar-refractivity contribution in [2.45, 2.75) is 38.5 Å². The molecule has 0 fully saturated rings. The highest BCUT2D eigenvalue weighted by molar-refractivity contribution is 6.37. The molecule has 2 rings (SSSR count). The fraction of sp³-hybridized carbons (Fsp3) is 0.333. The second kappa shape index (κ2) is 7.61. The molecule has 24 heavy (non-hydrogen) atoms. The summed E-state index contributed by atoms with van der Waals surface area (Å²) in [5.74, 6) is -0.275. The molecule has 0 heterocycles. The van der Waals surface area contributed by atoms with E-state index in [0.717, 1.165) is 30.4 Å². The van der Waals surface area contributed by atoms with Gasteiger partial charge in [-0.15, -0.1) is 0 Å². The van der Waals surface area contributed by atoms with Crippen molar-refractivity contribution in [1.29, 1.82) is 0 Å². The van der Waals surface area contributed by atoms with Crippen molar-refractivity contribution in [2.24, 2.45) is 0 Å². The van der Waals surface area contributed by atoms with Crippen molar-refractivity contribution < 1.29 is 10.2 Å². The van der Waals surface area contributed by atoms with Gasteiger partial charge in [0.15, 0.2) is 11.5 Å². The third kappa shape index (κ3) is 3.72. The molecular formula is C18H18Cl4O2. The fourth-order valence-corrected chi connectivity index (χ4v) is 3.73. The summed E-state index contributed by atoms with van der Waals surface area (Å²) in [6, 6.07) is 6.81. The Labute approximate surface area is 161 Å². The van der Waals surface area contributed by atoms with Gasteiger partial charge in [-0.3, -0.25) is 0 Å². The molecule has 0 aliphatic rings. The van der Waals surface area contributed by atoms with Gasteiger partial charge in [-0.2, -0.15) is 0 Å². The summed E-state index contributed by atoms with van der Waals surface area (Å²) in [5.41, 5.74) is 1.22. The van der Waals surface area contributed by atoms with E-state index in [9.17, 15) is 10.2 Å². The van der Waals surface area contributed by atoms with Gasteiger partial charge in [0.1, 0.15) is 0 Å². The summed E-state index contributed by atoms with van der Waals surface area (Å²) in [6.07, 6.45) is 2.77. The van der Waals surface area contributed by atoms with Crippen LogP contribution >= 0.6 is 46.4 Å². The van der Waals surface area contributed by atoms with Gasteiger partial charge < -0.3 is 10.2 Å². The first-order chi connectivity index (χ1) is 11.2. The molecule has 2 aromatic carbocycles. The van der Waals surface area contributed by atoms with Gasteiger partial charge in [-0.25, -0.2) is 0 Å². The number of phenolic OH excluding ortho intramolecular Hbond substituents is 2. The molecule has 0 aliphatic carbocycles. The number of hydrogen-bond donors (Lipinski definition) is 2. The summed E-state index contributed by atoms with van der Waals surface area (Å²) in [7, 11) is 0. The molecule has 0 saturated carbocycles. The first kappa shape index (κ1) is 19.5. The number of unbranched alkanes of at least 4 members (excludes halogenated alkanes) is 1. The SMILES string of the molecule is CCCCC(C)(c1cc(Cl)c(O)c(Cl)c1)c1cc(Cl)c(O)c(Cl)c1. The second-order valence-electron chi connectivity index (χ2n) is 6.01. The van der Waals surface area contributed by atoms with Crippen LogP contribution in [0.3, 0.4) is 0 Å². The number of hydrogen-bond acceptors (Lipinski definition) is 2. The lowest BCUT2D eigenvalue weighted by Gasteiger charge is -2.32. The van der Waals surface area contributed by atoms with Crippen LogP contribution in [0.1, 0.15) is 44.2 Å². The number of benzene rings is 2. The molecular weight excluding hydrogens is 390 g/mol. The van der Waals surface area contributed by atoms with Gasteiger partial charge in [-0.1, -0.05) is 73.1 Å². The maximum atomic E-state index is 9.83. The van der Waals surface area contributed by atoms with E-state index < -0.39 is 5.41 Å². The van der Waals surface area contributed by atoms with Crippen LogP contribution in [0.4, 0.5) is 0 Å². The summed E-state index contributed by atoms with van der Waals surface area (Å²) in [6.45, 7) is 4.15. The van der Waals surface area contributed by atoms with E-state index in [-0.39, 0.29) is 31.6 Å². The molecule has 2 aromatic rings. The molecule has 0 unspecified atom stereocenters. The lowest BCUT2D eigenvalue weighted by molar-refractivity contribution is 0.467. The minimum Gasteiger partial charge on any atom is -0.505 e. The topological polar surface area (TPSA) is 40.5 Å². The maximum Gasteiger partial charge on any atom is 0.152 e. The van der Waals surface area contributed by atoms with Gasteiger partial charge in [0.25, 0.3) is 0 Å². The zero-order valence-corrected chi connectivity index (χ0v) is 16.4. The van der Waals surface area contributed by atoms with Crippen LogP contribution in [-0.4, -0.2) is 10.2 Å². The van der Waals surface area contributed by atoms with Crippen LogP contribution in [0.15, 0.2) is 24.3 Å². The highest BCUT2D eigenvalue weighted by Gasteiger charge is 2.31. The molecule has 0 aromatic heterocycles. The fourth-order valence-electron chi connectivity index (χ4n) is 2.75. The molecule has 2 N–H and O–H groups in total. The summed E-state index contributed by atoms with van der Waals surface area (Å²) in [5, 5.41) is 20.4. The highest BCUT2D eigenvalue weighted by Crippen LogP contribution is 2.45. The number of rotatable bonds is 5. The second-order valence-corrected chi connectivity index (χ2v) is 7.64. The first-order valence-corrected chi connectivity index (χ1v) is 9.09. The molecule has 130 valence electrons. The Balaban J connectivity index is 2.67. The molecule has 0 spiro atoms. The monoisotopic (exact) mass is 406 g/mol. The van der Waals surface area contributed by atoms with Crippen molar-refractivity contribution in [3.63, 3.8) is 0 Å². The van der Waals surface area contributed by atoms with Crippen LogP contribution in [0.5, 0.6) is 11.5 Å². The van der Waals surface area contributed by atoms with Crippen LogP contribution in [-0.2, 0) is 5.41 Å². The zero-order chi connectivity index (χ0) is 18.1. The maximum absolute atomic E-state index is 9.83. The van der Waals surface area contributed by atoms with E-state index in [1.807, 2.05) is 6.92 Å². The Morgan fingerprint density at radius 3 is 1.42 bits per heavy atom. The third-order valence-corrected chi connectivity index (χ3v) is 5.49. The van der Waals surface area contributed by atoms with Crippen molar-refractivity contribution in [3.05, 3.63) is 55.5 Å². The van der Waals surface area contributed by atoms with Gasteiger partial charge in [0.05, 0.1) is 20.1 Å². The molecule has 6 heteroatoms. The summed E-state index contributed by atoms with van der Waals surface area (Å²) in [4.78, 5) is 0. The van der Waals surface area contributed by atoms with E-state index in [1.165, 1.54) is 0 Å². The van der Waals surface area contributed by atoms with E-state index in [2.05, 4.69) is 6.92 Å². The lowest BCUT2D eigenvalue weighted by atomic mass is 9.72. The van der Waals surface area contributed by atoms with Crippen molar-refractivity contribution in [1.82, 2.24) is 0 Å². The number of halogens is 4. The normalized spacial score (nSPS) is 11.8. The Bertz CT molecular complexity index is 655. The molecule has 0 bridgehead atoms. The Morgan fingerprint density at radius 1 is 0.792 bits per heavy atom. The van der Waals surface area contributed by atoms with Crippen molar-refractivity contribution in [2.75, 3.05) is 0 Å². The lowest BCUT2D eigenvalue weighted by Crippen LogP contribution is -2.24. The van der Waals surface area contributed by atoms with Crippen LogP contribution < -0.4 is 0 Å². The van der Waals surface area contributed by atoms with E-state index in [0.29, 0.717) is 0 Å². The predicted molar refractivity (Wildman–Crippen MR) is 102 cm³/mol. The van der Waals surface area contributed by atoms with Gasteiger partial charge in [-0.05, 0) is 41.8 Å². The predicted octanol–water partition coefficient (Wildman–Crippen LogP) is 7.21. The largest absolute Gasteiger partial charge is 0.505 e. The molecule has 0 radical (unpaired) electrons. The molecule has 0 saturated heterocycles. The number of aromatic hydroxyl groups is 2. The standard InChI is InChI=1S/C18H18Cl4O2/c1-3-4-5-18(2,10-6-12(19)16(23)13(20)7-10)11-8-14(21)17(24)15(22)9-11/h6-9,23-24H,3-5H2,1-2H3. The van der Waals surface area contributed by atoms with Crippen LogP contribution in [0.25, 0.3) is 0 Å². The van der Waals surface area contributed by atoms with Crippen LogP contribution in [0, 0.1) is 0 Å². The average Bonchev–Trinajstić information content (AvgIpc) is 2.54. The summed E-state index contributed by atoms with van der Waals surface area (Å²) < 4.78 is 0. The van der Waals surface area contributed by atoms with E-state index in [4.69, 9.17) is 46.4 Å². The minimum atomic E-state index is -0.474. The van der Waals surface area contributed by atoms with Crippen LogP contribution in [0.2, 0.25) is 20.1 Å². The van der Waals surface area contributed by atoms with E-state index >= 15 is 0 Å². The third-order valence-electron chi connectivity index (χ3n) is 4.34. The molecule has 0 aliphatic heterocycles. The van der Waals surface area contributed by atoms with Gasteiger partial charge >= 0.3 is 0 Å². The minimum absolute atomic E-state index is 0.137. The van der Waals surface area contributed by atoms with Gasteiger partial charge in [0, 0.05) is 5.41 Å². The highest BCUT2D eigenvalue weighted by atomic mass is 35.5. The quantitative estimate of drug-likeness (QED) is 0.549. The Hall–Kier alpha value is -0.800. The van der Waals surface area contributed by atoms with Crippen molar-refractivity contribution >= 4 is 46.4 Å². The number of phenols is 2. The smallest absolute Gasteiger partial charge is 0.152 e.